The van der Waals surface area contributed by atoms with Crippen LogP contribution in [0.4, 0.5) is 0 Å². The molecule has 0 aromatic rings. The first-order valence-electron chi connectivity index (χ1n) is 25.1. The molecule has 0 saturated heterocycles. The van der Waals surface area contributed by atoms with Gasteiger partial charge in [0.15, 0.2) is 0 Å². The Balaban J connectivity index is 2.42. The average Bonchev–Trinajstić information content (AvgIpc) is 3.30. The zero-order valence-electron chi connectivity index (χ0n) is 40.5. The number of carbonyl (C=O) groups is 1. The molecule has 1 fully saturated rings. The van der Waals surface area contributed by atoms with Gasteiger partial charge in [-0.3, -0.25) is 13.8 Å². The fourth-order valence-electron chi connectivity index (χ4n) is 6.98. The lowest BCUT2D eigenvalue weighted by Crippen LogP contribution is -2.64. The van der Waals surface area contributed by atoms with E-state index in [1.807, 2.05) is 0 Å². The second-order valence-electron chi connectivity index (χ2n) is 16.9. The average molecular weight is 949 g/mol. The summed E-state index contributed by atoms with van der Waals surface area (Å²) in [6.45, 7) is 4.05. The molecule has 1 aliphatic carbocycles. The van der Waals surface area contributed by atoms with E-state index in [1.54, 1.807) is 0 Å². The summed E-state index contributed by atoms with van der Waals surface area (Å²) in [6.07, 6.45) is 46.1. The minimum Gasteiger partial charge on any atom is -0.457 e. The van der Waals surface area contributed by atoms with Crippen molar-refractivity contribution in [3.63, 3.8) is 0 Å². The number of rotatable bonds is 41. The molecule has 12 nitrogen and oxygen atoms in total. The Hall–Kier alpha value is -2.74. The Morgan fingerprint density at radius 2 is 0.894 bits per heavy atom. The van der Waals surface area contributed by atoms with E-state index in [4.69, 9.17) is 18.5 Å². The lowest BCUT2D eigenvalue weighted by molar-refractivity contribution is -0.220. The molecule has 1 rings (SSSR count). The summed E-state index contributed by atoms with van der Waals surface area (Å²) in [7, 11) is -5.04. The number of esters is 1. The van der Waals surface area contributed by atoms with Gasteiger partial charge in [0.25, 0.3) is 0 Å². The van der Waals surface area contributed by atoms with Crippen molar-refractivity contribution in [2.45, 2.75) is 211 Å². The van der Waals surface area contributed by atoms with Gasteiger partial charge in [0.1, 0.15) is 42.7 Å². The van der Waals surface area contributed by atoms with Crippen molar-refractivity contribution in [1.29, 1.82) is 0 Å². The van der Waals surface area contributed by atoms with Gasteiger partial charge < -0.3 is 39.9 Å². The molecular weight excluding hydrogens is 860 g/mol. The van der Waals surface area contributed by atoms with E-state index in [9.17, 15) is 39.8 Å². The van der Waals surface area contributed by atoms with Gasteiger partial charge in [-0.15, -0.1) is 0 Å². The molecule has 0 spiro atoms. The largest absolute Gasteiger partial charge is 0.472 e. The van der Waals surface area contributed by atoms with Crippen LogP contribution in [0.15, 0.2) is 97.2 Å². The fourth-order valence-corrected chi connectivity index (χ4v) is 7.95. The van der Waals surface area contributed by atoms with Gasteiger partial charge in [-0.2, -0.15) is 0 Å². The molecule has 0 heterocycles. The number of phosphoric ester groups is 1. The molecule has 0 aromatic heterocycles. The molecule has 6 N–H and O–H groups in total. The van der Waals surface area contributed by atoms with E-state index in [1.165, 1.54) is 51.4 Å². The zero-order valence-corrected chi connectivity index (χ0v) is 41.3. The van der Waals surface area contributed by atoms with Crippen LogP contribution in [0.3, 0.4) is 0 Å². The molecule has 0 bridgehead atoms. The van der Waals surface area contributed by atoms with Crippen LogP contribution in [0.5, 0.6) is 0 Å². The molecule has 0 aromatic carbocycles. The van der Waals surface area contributed by atoms with Gasteiger partial charge in [-0.1, -0.05) is 162 Å². The van der Waals surface area contributed by atoms with Crippen LogP contribution in [-0.4, -0.2) is 98.9 Å². The number of aliphatic hydroxyl groups excluding tert-OH is 5. The second-order valence-corrected chi connectivity index (χ2v) is 18.3. The molecule has 1 aliphatic rings. The highest BCUT2D eigenvalue weighted by Gasteiger charge is 2.51. The van der Waals surface area contributed by atoms with Gasteiger partial charge in [0.05, 0.1) is 13.2 Å². The molecule has 0 aliphatic heterocycles. The lowest BCUT2D eigenvalue weighted by Gasteiger charge is -2.41. The monoisotopic (exact) mass is 949 g/mol. The van der Waals surface area contributed by atoms with Crippen molar-refractivity contribution in [3.05, 3.63) is 97.2 Å². The van der Waals surface area contributed by atoms with E-state index in [2.05, 4.69) is 111 Å². The summed E-state index contributed by atoms with van der Waals surface area (Å²) in [4.78, 5) is 23.2. The van der Waals surface area contributed by atoms with Crippen molar-refractivity contribution >= 4 is 13.8 Å². The highest BCUT2D eigenvalue weighted by Crippen LogP contribution is 2.47. The summed E-state index contributed by atoms with van der Waals surface area (Å²) in [5, 5.41) is 50.3. The van der Waals surface area contributed by atoms with E-state index in [-0.39, 0.29) is 13.0 Å². The van der Waals surface area contributed by atoms with Crippen LogP contribution in [0.2, 0.25) is 0 Å². The predicted octanol–water partition coefficient (Wildman–Crippen LogP) is 11.1. The van der Waals surface area contributed by atoms with Gasteiger partial charge in [-0.25, -0.2) is 4.57 Å². The molecule has 6 atom stereocenters. The summed E-state index contributed by atoms with van der Waals surface area (Å²) >= 11 is 0. The number of hydrogen-bond acceptors (Lipinski definition) is 11. The van der Waals surface area contributed by atoms with Crippen LogP contribution < -0.4 is 0 Å². The standard InChI is InChI=1S/C53H89O12P/c1-3-5-7-9-11-13-15-17-19-21-23-24-25-26-28-30-32-34-36-38-40-42-47(54)64-46(45-63-66(60,61)65-53-51(58)49(56)48(55)50(57)52(53)59)44-62-43-41-39-37-35-33-31-29-27-22-20-18-16-14-12-10-8-6-4-2/h5,7,11-14,17-20,23-24,26,28,32,34,46,48-53,55-59H,3-4,6,8-10,15-16,21-22,25,27,29-31,33,35-45H2,1-2H3,(H,60,61)/b7-5-,13-11-,14-12-,19-17-,20-18-,24-23-,28-26-,34-32-. The summed E-state index contributed by atoms with van der Waals surface area (Å²) in [5.41, 5.74) is 0. The maximum atomic E-state index is 12.8. The molecule has 66 heavy (non-hydrogen) atoms. The number of unbranched alkanes of at least 4 members (excludes halogenated alkanes) is 13. The third-order valence-corrected chi connectivity index (χ3v) is 11.9. The van der Waals surface area contributed by atoms with Gasteiger partial charge in [0.2, 0.25) is 0 Å². The van der Waals surface area contributed by atoms with Gasteiger partial charge >= 0.3 is 13.8 Å². The molecule has 1 saturated carbocycles. The van der Waals surface area contributed by atoms with Crippen LogP contribution in [-0.2, 0) is 27.9 Å². The third-order valence-electron chi connectivity index (χ3n) is 10.9. The second kappa shape index (κ2) is 42.4. The molecule has 6 unspecified atom stereocenters. The predicted molar refractivity (Wildman–Crippen MR) is 267 cm³/mol. The number of carbonyl (C=O) groups excluding carboxylic acids is 1. The topological polar surface area (TPSA) is 192 Å². The summed E-state index contributed by atoms with van der Waals surface area (Å²) < 4.78 is 34.2. The maximum Gasteiger partial charge on any atom is 0.472 e. The molecule has 0 amide bonds. The first-order chi connectivity index (χ1) is 32.0. The van der Waals surface area contributed by atoms with Crippen LogP contribution in [0.1, 0.15) is 168 Å². The van der Waals surface area contributed by atoms with Gasteiger partial charge in [-0.05, 0) is 96.3 Å². The highest BCUT2D eigenvalue weighted by atomic mass is 31.2. The van der Waals surface area contributed by atoms with Crippen molar-refractivity contribution in [3.8, 4) is 0 Å². The third kappa shape index (κ3) is 33.7. The smallest absolute Gasteiger partial charge is 0.457 e. The minimum atomic E-state index is -5.04. The van der Waals surface area contributed by atoms with Crippen LogP contribution >= 0.6 is 7.82 Å². The summed E-state index contributed by atoms with van der Waals surface area (Å²) in [5.74, 6) is -0.525. The van der Waals surface area contributed by atoms with Crippen molar-refractivity contribution in [2.24, 2.45) is 0 Å². The fraction of sp³-hybridized carbons (Fsp3) is 0.679. The Morgan fingerprint density at radius 1 is 0.500 bits per heavy atom. The summed E-state index contributed by atoms with van der Waals surface area (Å²) in [6, 6.07) is 0. The first kappa shape index (κ1) is 61.3. The molecular formula is C53H89O12P. The Morgan fingerprint density at radius 3 is 1.36 bits per heavy atom. The maximum absolute atomic E-state index is 12.8. The van der Waals surface area contributed by atoms with Crippen molar-refractivity contribution in [1.82, 2.24) is 0 Å². The van der Waals surface area contributed by atoms with Crippen LogP contribution in [0.25, 0.3) is 0 Å². The number of aliphatic hydroxyl groups is 5. The lowest BCUT2D eigenvalue weighted by atomic mass is 9.85. The zero-order chi connectivity index (χ0) is 48.4. The van der Waals surface area contributed by atoms with Crippen molar-refractivity contribution in [2.75, 3.05) is 19.8 Å². The minimum absolute atomic E-state index is 0.105. The number of hydrogen-bond donors (Lipinski definition) is 6. The van der Waals surface area contributed by atoms with Crippen molar-refractivity contribution < 1.29 is 58.3 Å². The number of ether oxygens (including phenoxy) is 2. The van der Waals surface area contributed by atoms with E-state index in [0.717, 1.165) is 89.9 Å². The van der Waals surface area contributed by atoms with E-state index >= 15 is 0 Å². The molecule has 13 heteroatoms. The SMILES string of the molecule is CC/C=C\C/C=C\C/C=C\C/C=C\C/C=C\C/C=C\CCCCC(=O)OC(COCCCCCCCCCC/C=C\C/C=C\CCCCC)COP(=O)(O)OC1C(O)C(O)C(O)C(O)C1O. The normalized spacial score (nSPS) is 22.2. The highest BCUT2D eigenvalue weighted by molar-refractivity contribution is 7.47. The van der Waals surface area contributed by atoms with Crippen LogP contribution in [0, 0.1) is 0 Å². The Bertz CT molecular complexity index is 1450. The number of phosphoric acid groups is 1. The molecule has 0 radical (unpaired) electrons. The Labute approximate surface area is 398 Å². The Kier molecular flexibility index (Phi) is 39.3. The first-order valence-corrected chi connectivity index (χ1v) is 26.6. The van der Waals surface area contributed by atoms with Gasteiger partial charge in [0, 0.05) is 13.0 Å². The van der Waals surface area contributed by atoms with E-state index in [0.29, 0.717) is 13.0 Å². The van der Waals surface area contributed by atoms with E-state index < -0.39 is 63.1 Å². The molecule has 378 valence electrons. The number of allylic oxidation sites excluding steroid dienone is 16. The quantitative estimate of drug-likeness (QED) is 0.0147.